The first-order valence-corrected chi connectivity index (χ1v) is 5.20. The summed E-state index contributed by atoms with van der Waals surface area (Å²) in [6, 6.07) is 4.27. The van der Waals surface area contributed by atoms with Crippen LogP contribution in [0.5, 0.6) is 0 Å². The van der Waals surface area contributed by atoms with Crippen LogP contribution in [0.4, 0.5) is 24.5 Å². The minimum atomic E-state index is -4.39. The smallest absolute Gasteiger partial charge is 0.398 e. The summed E-state index contributed by atoms with van der Waals surface area (Å²) in [6.45, 7) is 0. The van der Waals surface area contributed by atoms with Gasteiger partial charge in [-0.15, -0.1) is 0 Å². The number of alkyl halides is 3. The van der Waals surface area contributed by atoms with Crippen LogP contribution in [0.3, 0.4) is 0 Å². The lowest BCUT2D eigenvalue weighted by Gasteiger charge is -2.28. The lowest BCUT2D eigenvalue weighted by molar-refractivity contribution is -0.136. The molecule has 0 aliphatic heterocycles. The highest BCUT2D eigenvalue weighted by Gasteiger charge is 2.33. The Hall–Kier alpha value is -1.39. The first kappa shape index (κ1) is 11.1. The molecular formula is C11H13F3N2. The second-order valence-corrected chi connectivity index (χ2v) is 4.07. The zero-order valence-corrected chi connectivity index (χ0v) is 8.64. The molecule has 0 bridgehead atoms. The first-order chi connectivity index (χ1) is 7.47. The van der Waals surface area contributed by atoms with Crippen molar-refractivity contribution in [2.45, 2.75) is 31.5 Å². The van der Waals surface area contributed by atoms with E-state index in [1.807, 2.05) is 0 Å². The van der Waals surface area contributed by atoms with Crippen molar-refractivity contribution in [3.8, 4) is 0 Å². The van der Waals surface area contributed by atoms with Crippen LogP contribution in [-0.4, -0.2) is 6.04 Å². The van der Waals surface area contributed by atoms with E-state index in [0.717, 1.165) is 25.3 Å². The van der Waals surface area contributed by atoms with E-state index in [1.165, 1.54) is 6.07 Å². The maximum Gasteiger partial charge on any atom is 0.418 e. The molecule has 1 aliphatic carbocycles. The molecule has 0 saturated heterocycles. The average molecular weight is 230 g/mol. The summed E-state index contributed by atoms with van der Waals surface area (Å²) in [6.07, 6.45) is -1.21. The molecule has 0 heterocycles. The lowest BCUT2D eigenvalue weighted by Crippen LogP contribution is -2.27. The van der Waals surface area contributed by atoms with E-state index in [4.69, 9.17) is 5.73 Å². The van der Waals surface area contributed by atoms with Crippen LogP contribution >= 0.6 is 0 Å². The van der Waals surface area contributed by atoms with E-state index >= 15 is 0 Å². The molecule has 2 nitrogen and oxygen atoms in total. The average Bonchev–Trinajstić information content (AvgIpc) is 2.12. The number of anilines is 2. The van der Waals surface area contributed by atoms with E-state index in [1.54, 1.807) is 6.07 Å². The summed E-state index contributed by atoms with van der Waals surface area (Å²) >= 11 is 0. The van der Waals surface area contributed by atoms with E-state index in [-0.39, 0.29) is 5.69 Å². The summed E-state index contributed by atoms with van der Waals surface area (Å²) in [4.78, 5) is 0. The Labute approximate surface area is 91.6 Å². The van der Waals surface area contributed by atoms with Gasteiger partial charge in [0.05, 0.1) is 5.56 Å². The van der Waals surface area contributed by atoms with E-state index in [2.05, 4.69) is 5.32 Å². The Morgan fingerprint density at radius 3 is 2.44 bits per heavy atom. The molecule has 0 radical (unpaired) electrons. The van der Waals surface area contributed by atoms with Crippen molar-refractivity contribution < 1.29 is 13.2 Å². The van der Waals surface area contributed by atoms with Gasteiger partial charge in [0.15, 0.2) is 0 Å². The SMILES string of the molecule is Nc1ccc(NC2CCC2)cc1C(F)(F)F. The number of rotatable bonds is 2. The molecule has 1 saturated carbocycles. The third-order valence-electron chi connectivity index (χ3n) is 2.83. The van der Waals surface area contributed by atoms with Gasteiger partial charge < -0.3 is 11.1 Å². The molecular weight excluding hydrogens is 217 g/mol. The summed E-state index contributed by atoms with van der Waals surface area (Å²) in [5.74, 6) is 0. The number of nitrogens with one attached hydrogen (secondary N) is 1. The van der Waals surface area contributed by atoms with Gasteiger partial charge in [0.1, 0.15) is 0 Å². The normalized spacial score (nSPS) is 16.9. The van der Waals surface area contributed by atoms with Crippen LogP contribution in [0.15, 0.2) is 18.2 Å². The van der Waals surface area contributed by atoms with Crippen molar-refractivity contribution in [3.05, 3.63) is 23.8 Å². The third kappa shape index (κ3) is 2.23. The van der Waals surface area contributed by atoms with Gasteiger partial charge in [-0.05, 0) is 37.5 Å². The fourth-order valence-electron chi connectivity index (χ4n) is 1.68. The predicted octanol–water partition coefficient (Wildman–Crippen LogP) is 3.25. The molecule has 0 atom stereocenters. The van der Waals surface area contributed by atoms with Gasteiger partial charge in [-0.1, -0.05) is 0 Å². The second kappa shape index (κ2) is 3.88. The summed E-state index contributed by atoms with van der Waals surface area (Å²) in [7, 11) is 0. The zero-order valence-electron chi connectivity index (χ0n) is 8.64. The quantitative estimate of drug-likeness (QED) is 0.765. The Kier molecular flexibility index (Phi) is 2.69. The minimum absolute atomic E-state index is 0.230. The summed E-state index contributed by atoms with van der Waals surface area (Å²) < 4.78 is 37.7. The highest BCUT2D eigenvalue weighted by molar-refractivity contribution is 5.58. The number of hydrogen-bond donors (Lipinski definition) is 2. The Morgan fingerprint density at radius 1 is 1.25 bits per heavy atom. The zero-order chi connectivity index (χ0) is 11.8. The Morgan fingerprint density at radius 2 is 1.94 bits per heavy atom. The van der Waals surface area contributed by atoms with E-state index < -0.39 is 11.7 Å². The number of benzene rings is 1. The highest BCUT2D eigenvalue weighted by Crippen LogP contribution is 2.35. The van der Waals surface area contributed by atoms with Crippen LogP contribution < -0.4 is 11.1 Å². The monoisotopic (exact) mass is 230 g/mol. The van der Waals surface area contributed by atoms with Gasteiger partial charge in [-0.3, -0.25) is 0 Å². The van der Waals surface area contributed by atoms with Crippen molar-refractivity contribution >= 4 is 11.4 Å². The van der Waals surface area contributed by atoms with Crippen molar-refractivity contribution in [3.63, 3.8) is 0 Å². The largest absolute Gasteiger partial charge is 0.418 e. The Balaban J connectivity index is 2.20. The molecule has 1 aromatic rings. The molecule has 16 heavy (non-hydrogen) atoms. The molecule has 88 valence electrons. The maximum absolute atomic E-state index is 12.6. The Bertz CT molecular complexity index is 383. The van der Waals surface area contributed by atoms with Gasteiger partial charge in [-0.2, -0.15) is 13.2 Å². The molecule has 2 rings (SSSR count). The van der Waals surface area contributed by atoms with Gasteiger partial charge >= 0.3 is 6.18 Å². The fourth-order valence-corrected chi connectivity index (χ4v) is 1.68. The van der Waals surface area contributed by atoms with Gasteiger partial charge in [0.25, 0.3) is 0 Å². The molecule has 0 amide bonds. The predicted molar refractivity (Wildman–Crippen MR) is 57.1 cm³/mol. The molecule has 0 aromatic heterocycles. The highest BCUT2D eigenvalue weighted by atomic mass is 19.4. The van der Waals surface area contributed by atoms with Gasteiger partial charge in [0.2, 0.25) is 0 Å². The van der Waals surface area contributed by atoms with Crippen molar-refractivity contribution in [2.24, 2.45) is 0 Å². The molecule has 1 aromatic carbocycles. The molecule has 1 aliphatic rings. The molecule has 1 fully saturated rings. The number of halogens is 3. The molecule has 0 spiro atoms. The number of nitrogen functional groups attached to an aromatic ring is 1. The topological polar surface area (TPSA) is 38.0 Å². The van der Waals surface area contributed by atoms with E-state index in [0.29, 0.717) is 11.7 Å². The van der Waals surface area contributed by atoms with Crippen molar-refractivity contribution in [2.75, 3.05) is 11.1 Å². The van der Waals surface area contributed by atoms with Crippen LogP contribution in [0.1, 0.15) is 24.8 Å². The van der Waals surface area contributed by atoms with Gasteiger partial charge in [-0.25, -0.2) is 0 Å². The summed E-state index contributed by atoms with van der Waals surface area (Å²) in [5, 5.41) is 3.06. The third-order valence-corrected chi connectivity index (χ3v) is 2.83. The van der Waals surface area contributed by atoms with Crippen LogP contribution in [-0.2, 0) is 6.18 Å². The van der Waals surface area contributed by atoms with Crippen LogP contribution in [0.2, 0.25) is 0 Å². The van der Waals surface area contributed by atoms with Crippen LogP contribution in [0, 0.1) is 0 Å². The minimum Gasteiger partial charge on any atom is -0.398 e. The lowest BCUT2D eigenvalue weighted by atomic mass is 9.93. The number of nitrogens with two attached hydrogens (primary N) is 1. The second-order valence-electron chi connectivity index (χ2n) is 4.07. The standard InChI is InChI=1S/C11H13F3N2/c12-11(13,14)9-6-8(4-5-10(9)15)16-7-2-1-3-7/h4-7,16H,1-3,15H2. The van der Waals surface area contributed by atoms with Crippen molar-refractivity contribution in [1.29, 1.82) is 0 Å². The molecule has 0 unspecified atom stereocenters. The summed E-state index contributed by atoms with van der Waals surface area (Å²) in [5.41, 5.74) is 4.80. The first-order valence-electron chi connectivity index (χ1n) is 5.20. The fraction of sp³-hybridized carbons (Fsp3) is 0.455. The van der Waals surface area contributed by atoms with Gasteiger partial charge in [0, 0.05) is 17.4 Å². The molecule has 5 heteroatoms. The van der Waals surface area contributed by atoms with Crippen LogP contribution in [0.25, 0.3) is 0 Å². The number of hydrogen-bond acceptors (Lipinski definition) is 2. The van der Waals surface area contributed by atoms with E-state index in [9.17, 15) is 13.2 Å². The molecule has 3 N–H and O–H groups in total. The van der Waals surface area contributed by atoms with Crippen molar-refractivity contribution in [1.82, 2.24) is 0 Å². The maximum atomic E-state index is 12.6.